The molecule has 0 aliphatic heterocycles. The number of nitrogens with zero attached hydrogens (tertiary/aromatic N) is 5. The largest absolute Gasteiger partial charge is 0.372 e. The molecule has 0 saturated carbocycles. The molecule has 3 aromatic heterocycles. The van der Waals surface area contributed by atoms with Crippen LogP contribution in [0.25, 0.3) is 39.2 Å². The van der Waals surface area contributed by atoms with E-state index in [1.807, 2.05) is 54.0 Å². The van der Waals surface area contributed by atoms with Crippen molar-refractivity contribution in [2.24, 2.45) is 0 Å². The van der Waals surface area contributed by atoms with Gasteiger partial charge in [0.2, 0.25) is 0 Å². The van der Waals surface area contributed by atoms with Gasteiger partial charge in [0.1, 0.15) is 5.82 Å². The number of H-pyrrole nitrogens is 1. The van der Waals surface area contributed by atoms with E-state index in [9.17, 15) is 0 Å². The highest BCUT2D eigenvalue weighted by molar-refractivity contribution is 5.92. The molecule has 0 spiro atoms. The molecule has 0 aliphatic rings. The minimum atomic E-state index is 0.566. The van der Waals surface area contributed by atoms with Gasteiger partial charge in [-0.25, -0.2) is 0 Å². The molecule has 5 rings (SSSR count). The number of hydrogen-bond acceptors (Lipinski definition) is 5. The summed E-state index contributed by atoms with van der Waals surface area (Å²) in [6.07, 6.45) is 3.67. The molecule has 2 aromatic carbocycles. The first-order chi connectivity index (χ1) is 12.8. The Morgan fingerprint density at radius 1 is 0.962 bits per heavy atom. The second-order valence-corrected chi connectivity index (χ2v) is 5.95. The third-order valence-corrected chi connectivity index (χ3v) is 4.45. The van der Waals surface area contributed by atoms with Crippen LogP contribution in [0, 0.1) is 0 Å². The van der Waals surface area contributed by atoms with Gasteiger partial charge in [-0.1, -0.05) is 30.3 Å². The topological polar surface area (TPSA) is 83.8 Å². The highest BCUT2D eigenvalue weighted by Gasteiger charge is 2.15. The number of benzene rings is 2. The summed E-state index contributed by atoms with van der Waals surface area (Å²) in [5.41, 5.74) is 4.08. The van der Waals surface area contributed by atoms with Crippen LogP contribution >= 0.6 is 0 Å². The first-order valence-electron chi connectivity index (χ1n) is 8.26. The third kappa shape index (κ3) is 2.14. The van der Waals surface area contributed by atoms with Crippen molar-refractivity contribution in [1.29, 1.82) is 0 Å². The van der Waals surface area contributed by atoms with Gasteiger partial charge in [0.05, 0.1) is 11.7 Å². The van der Waals surface area contributed by atoms with E-state index in [2.05, 4.69) is 42.8 Å². The van der Waals surface area contributed by atoms with Crippen LogP contribution in [0.5, 0.6) is 0 Å². The standard InChI is InChI=1S/C19H15N7/c1-20-17-15-7-2-3-8-16(15)26-18(24-25-19(26)23-17)13-6-4-5-12(9-13)14-10-21-22-11-14/h2-11H,1H3,(H,21,22)(H,20,23,25). The van der Waals surface area contributed by atoms with Crippen molar-refractivity contribution in [3.63, 3.8) is 0 Å². The van der Waals surface area contributed by atoms with Gasteiger partial charge in [0.15, 0.2) is 5.82 Å². The minimum absolute atomic E-state index is 0.566. The average Bonchev–Trinajstić information content (AvgIpc) is 3.37. The van der Waals surface area contributed by atoms with Gasteiger partial charge < -0.3 is 5.32 Å². The van der Waals surface area contributed by atoms with Gasteiger partial charge in [0.25, 0.3) is 5.78 Å². The van der Waals surface area contributed by atoms with Crippen LogP contribution in [0.2, 0.25) is 0 Å². The molecule has 0 bridgehead atoms. The van der Waals surface area contributed by atoms with Crippen molar-refractivity contribution in [3.05, 3.63) is 60.9 Å². The molecule has 0 amide bonds. The number of rotatable bonds is 3. The summed E-state index contributed by atoms with van der Waals surface area (Å²) in [7, 11) is 1.86. The van der Waals surface area contributed by atoms with Crippen LogP contribution in [0.3, 0.4) is 0 Å². The summed E-state index contributed by atoms with van der Waals surface area (Å²) < 4.78 is 1.99. The monoisotopic (exact) mass is 341 g/mol. The van der Waals surface area contributed by atoms with E-state index in [1.165, 1.54) is 0 Å². The fourth-order valence-electron chi connectivity index (χ4n) is 3.22. The third-order valence-electron chi connectivity index (χ3n) is 4.45. The highest BCUT2D eigenvalue weighted by Crippen LogP contribution is 2.29. The highest BCUT2D eigenvalue weighted by atomic mass is 15.3. The quantitative estimate of drug-likeness (QED) is 0.525. The number of hydrogen-bond donors (Lipinski definition) is 2. The Bertz CT molecular complexity index is 1220. The number of aromatic nitrogens is 6. The van der Waals surface area contributed by atoms with E-state index in [-0.39, 0.29) is 0 Å². The molecule has 126 valence electrons. The SMILES string of the molecule is CNc1nc2nnc(-c3cccc(-c4cn[nH]c4)c3)n2c2ccccc12. The predicted octanol–water partition coefficient (Wildman–Crippen LogP) is 3.38. The summed E-state index contributed by atoms with van der Waals surface area (Å²) in [4.78, 5) is 4.60. The first-order valence-corrected chi connectivity index (χ1v) is 8.26. The van der Waals surface area contributed by atoms with Crippen molar-refractivity contribution in [2.75, 3.05) is 12.4 Å². The Morgan fingerprint density at radius 2 is 1.85 bits per heavy atom. The molecule has 7 heteroatoms. The lowest BCUT2D eigenvalue weighted by atomic mass is 10.1. The summed E-state index contributed by atoms with van der Waals surface area (Å²) >= 11 is 0. The zero-order chi connectivity index (χ0) is 17.5. The molecule has 5 aromatic rings. The van der Waals surface area contributed by atoms with Crippen molar-refractivity contribution in [3.8, 4) is 22.5 Å². The van der Waals surface area contributed by atoms with Gasteiger partial charge in [-0.2, -0.15) is 10.1 Å². The number of aromatic amines is 1. The van der Waals surface area contributed by atoms with Crippen LogP contribution in [0.1, 0.15) is 0 Å². The van der Waals surface area contributed by atoms with E-state index in [0.717, 1.165) is 39.2 Å². The van der Waals surface area contributed by atoms with Gasteiger partial charge in [-0.15, -0.1) is 10.2 Å². The molecule has 7 nitrogen and oxygen atoms in total. The lowest BCUT2D eigenvalue weighted by Gasteiger charge is -2.09. The molecule has 0 aliphatic carbocycles. The van der Waals surface area contributed by atoms with E-state index >= 15 is 0 Å². The normalized spacial score (nSPS) is 11.3. The van der Waals surface area contributed by atoms with E-state index in [0.29, 0.717) is 5.78 Å². The maximum Gasteiger partial charge on any atom is 0.257 e. The molecule has 3 heterocycles. The molecule has 0 unspecified atom stereocenters. The molecule has 0 radical (unpaired) electrons. The second-order valence-electron chi connectivity index (χ2n) is 5.95. The lowest BCUT2D eigenvalue weighted by molar-refractivity contribution is 1.09. The summed E-state index contributed by atoms with van der Waals surface area (Å²) in [5.74, 6) is 2.12. The Kier molecular flexibility index (Phi) is 3.18. The smallest absolute Gasteiger partial charge is 0.257 e. The summed E-state index contributed by atoms with van der Waals surface area (Å²) in [6.45, 7) is 0. The molecule has 0 saturated heterocycles. The van der Waals surface area contributed by atoms with Crippen LogP contribution in [-0.4, -0.2) is 36.8 Å². The van der Waals surface area contributed by atoms with Crippen molar-refractivity contribution >= 4 is 22.5 Å². The van der Waals surface area contributed by atoms with Gasteiger partial charge in [0, 0.05) is 29.8 Å². The zero-order valence-electron chi connectivity index (χ0n) is 14.0. The number of para-hydroxylation sites is 1. The molecule has 2 N–H and O–H groups in total. The van der Waals surface area contributed by atoms with E-state index in [4.69, 9.17) is 0 Å². The molecular weight excluding hydrogens is 326 g/mol. The van der Waals surface area contributed by atoms with Gasteiger partial charge in [-0.05, 0) is 23.8 Å². The second kappa shape index (κ2) is 5.66. The molecule has 26 heavy (non-hydrogen) atoms. The number of anilines is 1. The Balaban J connectivity index is 1.79. The maximum atomic E-state index is 4.60. The Labute approximate surface area is 148 Å². The van der Waals surface area contributed by atoms with Crippen molar-refractivity contribution < 1.29 is 0 Å². The van der Waals surface area contributed by atoms with Crippen LogP contribution < -0.4 is 5.32 Å². The van der Waals surface area contributed by atoms with Gasteiger partial charge >= 0.3 is 0 Å². The first kappa shape index (κ1) is 14.6. The van der Waals surface area contributed by atoms with Gasteiger partial charge in [-0.3, -0.25) is 9.50 Å². The fraction of sp³-hybridized carbons (Fsp3) is 0.0526. The zero-order valence-corrected chi connectivity index (χ0v) is 14.0. The van der Waals surface area contributed by atoms with Crippen molar-refractivity contribution in [2.45, 2.75) is 0 Å². The average molecular weight is 341 g/mol. The molecular formula is C19H15N7. The number of fused-ring (bicyclic) bond motifs is 3. The van der Waals surface area contributed by atoms with E-state index in [1.54, 1.807) is 6.20 Å². The Hall–Kier alpha value is -3.74. The summed E-state index contributed by atoms with van der Waals surface area (Å²) in [5, 5.41) is 19.7. The van der Waals surface area contributed by atoms with Crippen LogP contribution in [-0.2, 0) is 0 Å². The lowest BCUT2D eigenvalue weighted by Crippen LogP contribution is -2.00. The Morgan fingerprint density at radius 3 is 2.69 bits per heavy atom. The molecule has 0 atom stereocenters. The maximum absolute atomic E-state index is 4.60. The fourth-order valence-corrected chi connectivity index (χ4v) is 3.22. The minimum Gasteiger partial charge on any atom is -0.372 e. The van der Waals surface area contributed by atoms with Crippen LogP contribution in [0.4, 0.5) is 5.82 Å². The summed E-state index contributed by atoms with van der Waals surface area (Å²) in [6, 6.07) is 16.3. The predicted molar refractivity (Wildman–Crippen MR) is 101 cm³/mol. The van der Waals surface area contributed by atoms with Crippen molar-refractivity contribution in [1.82, 2.24) is 29.8 Å². The van der Waals surface area contributed by atoms with E-state index < -0.39 is 0 Å². The van der Waals surface area contributed by atoms with Crippen LogP contribution in [0.15, 0.2) is 60.9 Å². The molecule has 0 fully saturated rings. The number of nitrogens with one attached hydrogen (secondary N) is 2.